The summed E-state index contributed by atoms with van der Waals surface area (Å²) in [7, 11) is 0.147. The molecular weight excluding hydrogens is 218 g/mol. The summed E-state index contributed by atoms with van der Waals surface area (Å²) in [4.78, 5) is 12.1. The van der Waals surface area contributed by atoms with E-state index >= 15 is 0 Å². The summed E-state index contributed by atoms with van der Waals surface area (Å²) in [6, 6.07) is 0.329. The number of rotatable bonds is 7. The predicted molar refractivity (Wildman–Crippen MR) is 76.6 cm³/mol. The highest BCUT2D eigenvalue weighted by atomic mass is 32.2. The first-order valence-electron chi connectivity index (χ1n) is 5.97. The molecule has 0 aromatic heterocycles. The summed E-state index contributed by atoms with van der Waals surface area (Å²) in [6.45, 7) is 10.3. The van der Waals surface area contributed by atoms with Crippen molar-refractivity contribution >= 4 is 22.1 Å². The highest BCUT2D eigenvalue weighted by Crippen LogP contribution is 2.17. The molecule has 0 aromatic rings. The van der Waals surface area contributed by atoms with Crippen molar-refractivity contribution in [2.24, 2.45) is 11.8 Å². The van der Waals surface area contributed by atoms with Crippen LogP contribution in [0, 0.1) is 11.8 Å². The lowest BCUT2D eigenvalue weighted by Crippen LogP contribution is -2.47. The summed E-state index contributed by atoms with van der Waals surface area (Å²) >= 11 is 0. The smallest absolute Gasteiger partial charge is 0.152 e. The second-order valence-electron chi connectivity index (χ2n) is 5.28. The summed E-state index contributed by atoms with van der Waals surface area (Å²) in [5.74, 6) is 5.84. The van der Waals surface area contributed by atoms with Gasteiger partial charge < -0.3 is 5.32 Å². The van der Waals surface area contributed by atoms with E-state index in [1.165, 1.54) is 0 Å². The van der Waals surface area contributed by atoms with Crippen LogP contribution < -0.4 is 5.32 Å². The molecule has 2 nitrogen and oxygen atoms in total. The summed E-state index contributed by atoms with van der Waals surface area (Å²) < 4.78 is 0. The Labute approximate surface area is 103 Å². The Balaban J connectivity index is 4.65. The molecule has 16 heavy (non-hydrogen) atoms. The summed E-state index contributed by atoms with van der Waals surface area (Å²) in [5.41, 5.74) is 0. The fourth-order valence-corrected chi connectivity index (χ4v) is 2.88. The molecule has 0 radical (unpaired) electrons. The van der Waals surface area contributed by atoms with E-state index in [0.717, 1.165) is 5.75 Å². The predicted octanol–water partition coefficient (Wildman–Crippen LogP) is 2.54. The van der Waals surface area contributed by atoms with E-state index in [1.807, 2.05) is 13.8 Å². The van der Waals surface area contributed by atoms with Crippen molar-refractivity contribution in [2.75, 3.05) is 12.0 Å². The molecule has 0 rings (SSSR count). The second-order valence-corrected chi connectivity index (χ2v) is 7.18. The van der Waals surface area contributed by atoms with Crippen LogP contribution in [0.3, 0.4) is 0 Å². The summed E-state index contributed by atoms with van der Waals surface area (Å²) in [5, 5.41) is 3.39. The third-order valence-corrected chi connectivity index (χ3v) is 3.60. The normalized spacial score (nSPS) is 17.5. The molecule has 96 valence electrons. The van der Waals surface area contributed by atoms with Crippen molar-refractivity contribution in [1.82, 2.24) is 5.32 Å². The lowest BCUT2D eigenvalue weighted by molar-refractivity contribution is -0.125. The first kappa shape index (κ1) is 15.9. The number of carbonyl (C=O) groups is 1. The van der Waals surface area contributed by atoms with Crippen LogP contribution in [0.2, 0.25) is 0 Å². The molecule has 0 bridgehead atoms. The van der Waals surface area contributed by atoms with Crippen molar-refractivity contribution in [1.29, 1.82) is 0 Å². The highest BCUT2D eigenvalue weighted by molar-refractivity contribution is 8.13. The summed E-state index contributed by atoms with van der Waals surface area (Å²) in [6.07, 6.45) is 2.13. The Morgan fingerprint density at radius 3 is 2.06 bits per heavy atom. The van der Waals surface area contributed by atoms with E-state index in [2.05, 4.69) is 38.2 Å². The van der Waals surface area contributed by atoms with Crippen LogP contribution in [-0.2, 0) is 4.79 Å². The zero-order valence-corrected chi connectivity index (χ0v) is 12.4. The first-order valence-corrected chi connectivity index (χ1v) is 7.94. The molecule has 3 atom stereocenters. The average Bonchev–Trinajstić information content (AvgIpc) is 2.11. The van der Waals surface area contributed by atoms with E-state index < -0.39 is 0 Å². The Hall–Kier alpha value is -0.150. The van der Waals surface area contributed by atoms with Gasteiger partial charge in [0.15, 0.2) is 5.78 Å². The SMILES string of the molecule is C=S(C)CC(C)C(NC(C)C)C(=O)C(C)C. The van der Waals surface area contributed by atoms with Gasteiger partial charge in [-0.05, 0) is 17.9 Å². The fraction of sp³-hybridized carbons (Fsp3) is 0.846. The van der Waals surface area contributed by atoms with Gasteiger partial charge in [-0.25, -0.2) is 0 Å². The van der Waals surface area contributed by atoms with Crippen LogP contribution in [0.25, 0.3) is 0 Å². The maximum atomic E-state index is 12.1. The Morgan fingerprint density at radius 1 is 1.25 bits per heavy atom. The van der Waals surface area contributed by atoms with E-state index in [9.17, 15) is 4.79 Å². The number of Topliss-reactive ketones (excluding diaryl/α,β-unsaturated/α-hetero) is 1. The average molecular weight is 245 g/mol. The number of ketones is 1. The maximum Gasteiger partial charge on any atom is 0.152 e. The quantitative estimate of drug-likeness (QED) is 0.698. The molecule has 0 aliphatic heterocycles. The lowest BCUT2D eigenvalue weighted by atomic mass is 9.92. The van der Waals surface area contributed by atoms with E-state index in [4.69, 9.17) is 0 Å². The Kier molecular flexibility index (Phi) is 7.16. The largest absolute Gasteiger partial charge is 0.305 e. The number of hydrogen-bond donors (Lipinski definition) is 1. The minimum absolute atomic E-state index is 0.0169. The van der Waals surface area contributed by atoms with Crippen LogP contribution in [0.1, 0.15) is 34.6 Å². The van der Waals surface area contributed by atoms with Gasteiger partial charge in [0.25, 0.3) is 0 Å². The van der Waals surface area contributed by atoms with E-state index in [1.54, 1.807) is 0 Å². The van der Waals surface area contributed by atoms with Gasteiger partial charge in [-0.15, -0.1) is 0 Å². The molecule has 1 N–H and O–H groups in total. The van der Waals surface area contributed by atoms with Gasteiger partial charge in [-0.2, -0.15) is 10.5 Å². The number of nitrogens with one attached hydrogen (secondary N) is 1. The third kappa shape index (κ3) is 5.80. The number of hydrogen-bond acceptors (Lipinski definition) is 2. The molecule has 0 aliphatic carbocycles. The van der Waals surface area contributed by atoms with Crippen molar-refractivity contribution in [3.05, 3.63) is 0 Å². The molecule has 0 aliphatic rings. The maximum absolute atomic E-state index is 12.1. The Morgan fingerprint density at radius 2 is 1.75 bits per heavy atom. The van der Waals surface area contributed by atoms with Crippen LogP contribution in [0.5, 0.6) is 0 Å². The molecule has 0 heterocycles. The monoisotopic (exact) mass is 245 g/mol. The molecule has 3 unspecified atom stereocenters. The van der Waals surface area contributed by atoms with Crippen molar-refractivity contribution in [3.8, 4) is 0 Å². The molecule has 0 spiro atoms. The van der Waals surface area contributed by atoms with Crippen molar-refractivity contribution < 1.29 is 4.79 Å². The third-order valence-electron chi connectivity index (χ3n) is 2.50. The van der Waals surface area contributed by atoms with Gasteiger partial charge in [-0.1, -0.05) is 40.5 Å². The molecule has 3 heteroatoms. The Bertz CT molecular complexity index is 248. The van der Waals surface area contributed by atoms with Crippen LogP contribution in [0.15, 0.2) is 0 Å². The minimum atomic E-state index is -0.0169. The lowest BCUT2D eigenvalue weighted by Gasteiger charge is -2.27. The second kappa shape index (κ2) is 7.23. The fourth-order valence-electron chi connectivity index (χ4n) is 1.79. The van der Waals surface area contributed by atoms with Gasteiger partial charge in [0.1, 0.15) is 0 Å². The van der Waals surface area contributed by atoms with Crippen LogP contribution in [-0.4, -0.2) is 35.7 Å². The zero-order chi connectivity index (χ0) is 12.9. The van der Waals surface area contributed by atoms with Gasteiger partial charge in [-0.3, -0.25) is 4.79 Å². The molecule has 0 saturated carbocycles. The van der Waals surface area contributed by atoms with Crippen molar-refractivity contribution in [2.45, 2.75) is 46.7 Å². The molecular formula is C13H27NOS. The van der Waals surface area contributed by atoms with Crippen LogP contribution >= 0.6 is 10.5 Å². The van der Waals surface area contributed by atoms with Crippen molar-refractivity contribution in [3.63, 3.8) is 0 Å². The minimum Gasteiger partial charge on any atom is -0.305 e. The van der Waals surface area contributed by atoms with Gasteiger partial charge in [0, 0.05) is 12.0 Å². The molecule has 0 aromatic carbocycles. The molecule has 0 saturated heterocycles. The standard InChI is InChI=1S/C13H27NOS/c1-9(2)13(15)12(14-10(3)4)11(5)8-16(6)7/h9-12,14H,6,8H2,1-5,7H3. The van der Waals surface area contributed by atoms with Gasteiger partial charge in [0.05, 0.1) is 6.04 Å². The zero-order valence-electron chi connectivity index (χ0n) is 11.5. The highest BCUT2D eigenvalue weighted by Gasteiger charge is 2.26. The van der Waals surface area contributed by atoms with Gasteiger partial charge >= 0.3 is 0 Å². The molecule has 0 fully saturated rings. The van der Waals surface area contributed by atoms with E-state index in [-0.39, 0.29) is 22.4 Å². The first-order chi connectivity index (χ1) is 7.25. The van der Waals surface area contributed by atoms with Gasteiger partial charge in [0.2, 0.25) is 0 Å². The topological polar surface area (TPSA) is 29.1 Å². The number of carbonyl (C=O) groups excluding carboxylic acids is 1. The molecule has 0 amide bonds. The van der Waals surface area contributed by atoms with E-state index in [0.29, 0.717) is 17.7 Å². The van der Waals surface area contributed by atoms with Crippen LogP contribution in [0.4, 0.5) is 0 Å².